The molecule has 0 heterocycles. The summed E-state index contributed by atoms with van der Waals surface area (Å²) in [5.74, 6) is 0.845. The molecule has 0 saturated heterocycles. The van der Waals surface area contributed by atoms with Crippen molar-refractivity contribution in [2.75, 3.05) is 0 Å². The Bertz CT molecular complexity index is 98.7. The van der Waals surface area contributed by atoms with Crippen LogP contribution < -0.4 is 5.73 Å². The van der Waals surface area contributed by atoms with E-state index in [4.69, 9.17) is 5.73 Å². The Balaban J connectivity index is 2.21. The van der Waals surface area contributed by atoms with Gasteiger partial charge in [0.05, 0.1) is 0 Å². The average molecular weight is 125 g/mol. The van der Waals surface area contributed by atoms with E-state index in [1.165, 1.54) is 19.3 Å². The second kappa shape index (κ2) is 3.02. The first-order valence-electron chi connectivity index (χ1n) is 3.69. The molecule has 2 atom stereocenters. The van der Waals surface area contributed by atoms with Crippen molar-refractivity contribution in [2.45, 2.75) is 31.7 Å². The molecule has 9 heavy (non-hydrogen) atoms. The molecule has 1 fully saturated rings. The molecule has 0 aromatic heterocycles. The van der Waals surface area contributed by atoms with Crippen LogP contribution in [0.1, 0.15) is 25.7 Å². The summed E-state index contributed by atoms with van der Waals surface area (Å²) in [6.45, 7) is 3.71. The lowest BCUT2D eigenvalue weighted by atomic mass is 10.0. The van der Waals surface area contributed by atoms with E-state index in [0.717, 1.165) is 12.3 Å². The number of rotatable bonds is 2. The molecule has 2 N–H and O–H groups in total. The molecule has 1 nitrogen and oxygen atoms in total. The quantitative estimate of drug-likeness (QED) is 0.558. The number of allylic oxidation sites excluding steroid dienone is 1. The summed E-state index contributed by atoms with van der Waals surface area (Å²) in [4.78, 5) is 0. The molecule has 1 aliphatic rings. The Hall–Kier alpha value is -0.300. The van der Waals surface area contributed by atoms with Crippen LogP contribution in [-0.4, -0.2) is 6.04 Å². The van der Waals surface area contributed by atoms with Gasteiger partial charge in [0.15, 0.2) is 0 Å². The van der Waals surface area contributed by atoms with Gasteiger partial charge in [0.2, 0.25) is 0 Å². The van der Waals surface area contributed by atoms with Gasteiger partial charge in [-0.05, 0) is 31.6 Å². The highest BCUT2D eigenvalue weighted by molar-refractivity contribution is 4.82. The van der Waals surface area contributed by atoms with Gasteiger partial charge in [-0.3, -0.25) is 0 Å². The number of nitrogens with two attached hydrogens (primary N) is 1. The first kappa shape index (κ1) is 6.81. The van der Waals surface area contributed by atoms with E-state index < -0.39 is 0 Å². The topological polar surface area (TPSA) is 26.0 Å². The fourth-order valence-corrected chi connectivity index (χ4v) is 1.56. The molecule has 0 amide bonds. The van der Waals surface area contributed by atoms with Crippen LogP contribution in [0.4, 0.5) is 0 Å². The normalized spacial score (nSPS) is 34.8. The average Bonchev–Trinajstić information content (AvgIpc) is 2.17. The van der Waals surface area contributed by atoms with Crippen molar-refractivity contribution in [3.63, 3.8) is 0 Å². The number of hydrogen-bond acceptors (Lipinski definition) is 1. The van der Waals surface area contributed by atoms with E-state index in [2.05, 4.69) is 6.58 Å². The van der Waals surface area contributed by atoms with E-state index in [0.29, 0.717) is 6.04 Å². The third-order valence-electron chi connectivity index (χ3n) is 2.08. The highest BCUT2D eigenvalue weighted by Gasteiger charge is 2.19. The maximum Gasteiger partial charge on any atom is 0.00416 e. The second-order valence-corrected chi connectivity index (χ2v) is 2.96. The molecule has 0 bridgehead atoms. The van der Waals surface area contributed by atoms with Crippen molar-refractivity contribution in [1.29, 1.82) is 0 Å². The van der Waals surface area contributed by atoms with Crippen molar-refractivity contribution < 1.29 is 0 Å². The summed E-state index contributed by atoms with van der Waals surface area (Å²) < 4.78 is 0. The summed E-state index contributed by atoms with van der Waals surface area (Å²) in [6.07, 6.45) is 6.91. The van der Waals surface area contributed by atoms with Crippen LogP contribution in [0.3, 0.4) is 0 Å². The standard InChI is InChI=1S/C8H15N/c1-2-3-7-4-5-8(9)6-7/h2,7-8H,1,3-6,9H2/t7?,8-/m0/s1. The van der Waals surface area contributed by atoms with Crippen molar-refractivity contribution in [2.24, 2.45) is 11.7 Å². The highest BCUT2D eigenvalue weighted by Crippen LogP contribution is 2.26. The molecular formula is C8H15N. The van der Waals surface area contributed by atoms with Gasteiger partial charge in [-0.1, -0.05) is 6.08 Å². The van der Waals surface area contributed by atoms with Gasteiger partial charge < -0.3 is 5.73 Å². The first-order chi connectivity index (χ1) is 4.33. The Morgan fingerprint density at radius 3 is 2.78 bits per heavy atom. The molecule has 1 heteroatoms. The van der Waals surface area contributed by atoms with E-state index in [1.807, 2.05) is 6.08 Å². The third-order valence-corrected chi connectivity index (χ3v) is 2.08. The maximum absolute atomic E-state index is 5.72. The van der Waals surface area contributed by atoms with Crippen LogP contribution in [0.2, 0.25) is 0 Å². The van der Waals surface area contributed by atoms with Crippen molar-refractivity contribution in [3.8, 4) is 0 Å². The molecule has 1 saturated carbocycles. The molecule has 52 valence electrons. The molecule has 1 unspecified atom stereocenters. The Labute approximate surface area is 56.9 Å². The summed E-state index contributed by atoms with van der Waals surface area (Å²) in [7, 11) is 0. The van der Waals surface area contributed by atoms with E-state index in [-0.39, 0.29) is 0 Å². The highest BCUT2D eigenvalue weighted by atomic mass is 14.6. The monoisotopic (exact) mass is 125 g/mol. The van der Waals surface area contributed by atoms with Gasteiger partial charge in [-0.2, -0.15) is 0 Å². The number of hydrogen-bond donors (Lipinski definition) is 1. The SMILES string of the molecule is C=CCC1CC[C@H](N)C1. The van der Waals surface area contributed by atoms with Gasteiger partial charge in [0, 0.05) is 6.04 Å². The van der Waals surface area contributed by atoms with Crippen LogP contribution in [0.25, 0.3) is 0 Å². The van der Waals surface area contributed by atoms with E-state index >= 15 is 0 Å². The van der Waals surface area contributed by atoms with Gasteiger partial charge in [0.1, 0.15) is 0 Å². The Kier molecular flexibility index (Phi) is 2.29. The summed E-state index contributed by atoms with van der Waals surface area (Å²) in [6, 6.07) is 0.481. The molecular weight excluding hydrogens is 110 g/mol. The molecule has 0 aromatic rings. The Morgan fingerprint density at radius 2 is 2.33 bits per heavy atom. The van der Waals surface area contributed by atoms with E-state index in [1.54, 1.807) is 0 Å². The molecule has 0 spiro atoms. The van der Waals surface area contributed by atoms with Crippen LogP contribution in [0, 0.1) is 5.92 Å². The smallest absolute Gasteiger partial charge is 0.00416 e. The van der Waals surface area contributed by atoms with Crippen LogP contribution in [0.5, 0.6) is 0 Å². The van der Waals surface area contributed by atoms with Gasteiger partial charge in [0.25, 0.3) is 0 Å². The van der Waals surface area contributed by atoms with Gasteiger partial charge >= 0.3 is 0 Å². The molecule has 0 aromatic carbocycles. The van der Waals surface area contributed by atoms with Gasteiger partial charge in [-0.25, -0.2) is 0 Å². The zero-order valence-electron chi connectivity index (χ0n) is 5.84. The molecule has 0 radical (unpaired) electrons. The van der Waals surface area contributed by atoms with Crippen LogP contribution >= 0.6 is 0 Å². The lowest BCUT2D eigenvalue weighted by Crippen LogP contribution is -2.14. The van der Waals surface area contributed by atoms with Crippen LogP contribution in [0.15, 0.2) is 12.7 Å². The van der Waals surface area contributed by atoms with Crippen molar-refractivity contribution >= 4 is 0 Å². The zero-order valence-corrected chi connectivity index (χ0v) is 5.84. The lowest BCUT2D eigenvalue weighted by Gasteiger charge is -2.03. The summed E-state index contributed by atoms with van der Waals surface area (Å²) >= 11 is 0. The third kappa shape index (κ3) is 1.83. The summed E-state index contributed by atoms with van der Waals surface area (Å²) in [5.41, 5.74) is 5.72. The van der Waals surface area contributed by atoms with Gasteiger partial charge in [-0.15, -0.1) is 6.58 Å². The predicted molar refractivity (Wildman–Crippen MR) is 40.1 cm³/mol. The molecule has 1 aliphatic carbocycles. The fourth-order valence-electron chi connectivity index (χ4n) is 1.56. The van der Waals surface area contributed by atoms with E-state index in [9.17, 15) is 0 Å². The fraction of sp³-hybridized carbons (Fsp3) is 0.750. The first-order valence-corrected chi connectivity index (χ1v) is 3.69. The minimum absolute atomic E-state index is 0.481. The Morgan fingerprint density at radius 1 is 1.56 bits per heavy atom. The predicted octanol–water partition coefficient (Wildman–Crippen LogP) is 1.69. The molecule has 1 rings (SSSR count). The van der Waals surface area contributed by atoms with Crippen LogP contribution in [-0.2, 0) is 0 Å². The molecule has 0 aliphatic heterocycles. The zero-order chi connectivity index (χ0) is 6.69. The minimum atomic E-state index is 0.481. The second-order valence-electron chi connectivity index (χ2n) is 2.96. The summed E-state index contributed by atoms with van der Waals surface area (Å²) in [5, 5.41) is 0. The maximum atomic E-state index is 5.72. The largest absolute Gasteiger partial charge is 0.328 e. The van der Waals surface area contributed by atoms with Crippen molar-refractivity contribution in [1.82, 2.24) is 0 Å². The van der Waals surface area contributed by atoms with Crippen molar-refractivity contribution in [3.05, 3.63) is 12.7 Å². The minimum Gasteiger partial charge on any atom is -0.328 e. The lowest BCUT2D eigenvalue weighted by molar-refractivity contribution is 0.546.